The summed E-state index contributed by atoms with van der Waals surface area (Å²) in [6.07, 6.45) is 3.44. The van der Waals surface area contributed by atoms with E-state index in [-0.39, 0.29) is 12.4 Å². The number of aromatic nitrogens is 2. The lowest BCUT2D eigenvalue weighted by Gasteiger charge is -2.23. The van der Waals surface area contributed by atoms with Crippen LogP contribution in [0.4, 0.5) is 5.69 Å². The number of rotatable bonds is 3. The standard InChI is InChI=1S/C16H20N4O.ClH/c1-11-18-16(19-21-11)14-6-3-9-20(14)10-13-5-2-4-12-7-8-17-15(12)13;/h2,4-5,14,17H,3,6-10H2,1H3;1H. The van der Waals surface area contributed by atoms with E-state index in [1.165, 1.54) is 23.2 Å². The molecule has 22 heavy (non-hydrogen) atoms. The number of halogens is 1. The van der Waals surface area contributed by atoms with Crippen molar-refractivity contribution in [1.82, 2.24) is 15.0 Å². The summed E-state index contributed by atoms with van der Waals surface area (Å²) in [5.74, 6) is 1.49. The summed E-state index contributed by atoms with van der Waals surface area (Å²) < 4.78 is 5.15. The van der Waals surface area contributed by atoms with Crippen LogP contribution in [0.25, 0.3) is 0 Å². The molecule has 2 aliphatic rings. The van der Waals surface area contributed by atoms with Crippen LogP contribution in [0.5, 0.6) is 0 Å². The fraction of sp³-hybridized carbons (Fsp3) is 0.500. The van der Waals surface area contributed by atoms with E-state index in [4.69, 9.17) is 4.52 Å². The number of hydrogen-bond donors (Lipinski definition) is 1. The lowest BCUT2D eigenvalue weighted by molar-refractivity contribution is 0.234. The molecule has 4 rings (SSSR count). The first-order valence-electron chi connectivity index (χ1n) is 7.70. The number of anilines is 1. The van der Waals surface area contributed by atoms with Crippen LogP contribution >= 0.6 is 12.4 Å². The first kappa shape index (κ1) is 15.3. The monoisotopic (exact) mass is 320 g/mol. The fourth-order valence-electron chi connectivity index (χ4n) is 3.52. The summed E-state index contributed by atoms with van der Waals surface area (Å²) in [5, 5.41) is 7.64. The number of nitrogens with zero attached hydrogens (tertiary/aromatic N) is 3. The highest BCUT2D eigenvalue weighted by Crippen LogP contribution is 2.34. The summed E-state index contributed by atoms with van der Waals surface area (Å²) in [5.41, 5.74) is 4.17. The van der Waals surface area contributed by atoms with Crippen molar-refractivity contribution in [3.63, 3.8) is 0 Å². The van der Waals surface area contributed by atoms with Crippen LogP contribution < -0.4 is 5.32 Å². The third-order valence-electron chi connectivity index (χ3n) is 4.51. The van der Waals surface area contributed by atoms with Gasteiger partial charge < -0.3 is 9.84 Å². The predicted octanol–water partition coefficient (Wildman–Crippen LogP) is 3.10. The van der Waals surface area contributed by atoms with Crippen molar-refractivity contribution in [3.8, 4) is 0 Å². The zero-order valence-corrected chi connectivity index (χ0v) is 13.5. The molecular formula is C16H21ClN4O. The summed E-state index contributed by atoms with van der Waals surface area (Å²) in [4.78, 5) is 6.89. The molecule has 2 aromatic rings. The van der Waals surface area contributed by atoms with Gasteiger partial charge in [0.05, 0.1) is 6.04 Å². The molecule has 0 saturated carbocycles. The lowest BCUT2D eigenvalue weighted by atomic mass is 10.1. The van der Waals surface area contributed by atoms with Gasteiger partial charge in [0.1, 0.15) is 0 Å². The molecule has 0 amide bonds. The van der Waals surface area contributed by atoms with Gasteiger partial charge >= 0.3 is 0 Å². The number of hydrogen-bond acceptors (Lipinski definition) is 5. The number of fused-ring (bicyclic) bond motifs is 1. The van der Waals surface area contributed by atoms with Crippen molar-refractivity contribution in [3.05, 3.63) is 41.0 Å². The van der Waals surface area contributed by atoms with Crippen LogP contribution in [-0.2, 0) is 13.0 Å². The van der Waals surface area contributed by atoms with Crippen molar-refractivity contribution >= 4 is 18.1 Å². The molecule has 1 fully saturated rings. The highest BCUT2D eigenvalue weighted by molar-refractivity contribution is 5.85. The van der Waals surface area contributed by atoms with E-state index in [2.05, 4.69) is 38.6 Å². The van der Waals surface area contributed by atoms with Gasteiger partial charge in [-0.15, -0.1) is 12.4 Å². The van der Waals surface area contributed by atoms with E-state index < -0.39 is 0 Å². The van der Waals surface area contributed by atoms with E-state index in [1.54, 1.807) is 0 Å². The topological polar surface area (TPSA) is 54.2 Å². The van der Waals surface area contributed by atoms with Gasteiger partial charge in [0.2, 0.25) is 5.89 Å². The molecule has 1 aromatic heterocycles. The largest absolute Gasteiger partial charge is 0.384 e. The Hall–Kier alpha value is -1.59. The van der Waals surface area contributed by atoms with Crippen LogP contribution in [0.2, 0.25) is 0 Å². The quantitative estimate of drug-likeness (QED) is 0.941. The van der Waals surface area contributed by atoms with E-state index in [0.29, 0.717) is 11.9 Å². The third-order valence-corrected chi connectivity index (χ3v) is 4.51. The minimum atomic E-state index is 0. The molecule has 1 atom stereocenters. The number of nitrogens with one attached hydrogen (secondary N) is 1. The molecule has 118 valence electrons. The Morgan fingerprint density at radius 2 is 2.32 bits per heavy atom. The summed E-state index contributed by atoms with van der Waals surface area (Å²) >= 11 is 0. The van der Waals surface area contributed by atoms with Gasteiger partial charge in [-0.3, -0.25) is 4.90 Å². The summed E-state index contributed by atoms with van der Waals surface area (Å²) in [6, 6.07) is 6.92. The van der Waals surface area contributed by atoms with Gasteiger partial charge in [0.15, 0.2) is 5.82 Å². The maximum atomic E-state index is 5.15. The van der Waals surface area contributed by atoms with Gasteiger partial charge in [0.25, 0.3) is 0 Å². The third kappa shape index (κ3) is 2.71. The average Bonchev–Trinajstić information content (AvgIpc) is 3.18. The molecule has 1 N–H and O–H groups in total. The van der Waals surface area contributed by atoms with E-state index in [1.807, 2.05) is 6.92 Å². The van der Waals surface area contributed by atoms with Crippen molar-refractivity contribution < 1.29 is 4.52 Å². The van der Waals surface area contributed by atoms with Crippen molar-refractivity contribution in [2.45, 2.75) is 38.8 Å². The molecule has 3 heterocycles. The number of para-hydroxylation sites is 1. The average molecular weight is 321 g/mol. The van der Waals surface area contributed by atoms with Gasteiger partial charge in [-0.2, -0.15) is 4.98 Å². The van der Waals surface area contributed by atoms with Gasteiger partial charge in [0, 0.05) is 25.7 Å². The lowest BCUT2D eigenvalue weighted by Crippen LogP contribution is -2.24. The molecule has 0 bridgehead atoms. The smallest absolute Gasteiger partial charge is 0.223 e. The van der Waals surface area contributed by atoms with Crippen LogP contribution in [0, 0.1) is 6.92 Å². The summed E-state index contributed by atoms with van der Waals surface area (Å²) in [6.45, 7) is 4.96. The SMILES string of the molecule is Cc1nc(C2CCCN2Cc2cccc3c2NCC3)no1.Cl. The van der Waals surface area contributed by atoms with Crippen molar-refractivity contribution in [2.24, 2.45) is 0 Å². The minimum absolute atomic E-state index is 0. The highest BCUT2D eigenvalue weighted by atomic mass is 35.5. The molecule has 2 aliphatic heterocycles. The van der Waals surface area contributed by atoms with Gasteiger partial charge in [-0.05, 0) is 36.9 Å². The Labute approximate surface area is 136 Å². The van der Waals surface area contributed by atoms with Crippen LogP contribution in [-0.4, -0.2) is 28.1 Å². The second-order valence-electron chi connectivity index (χ2n) is 5.93. The minimum Gasteiger partial charge on any atom is -0.384 e. The van der Waals surface area contributed by atoms with Gasteiger partial charge in [-0.25, -0.2) is 0 Å². The summed E-state index contributed by atoms with van der Waals surface area (Å²) in [7, 11) is 0. The maximum Gasteiger partial charge on any atom is 0.223 e. The molecular weight excluding hydrogens is 300 g/mol. The molecule has 1 aromatic carbocycles. The predicted molar refractivity (Wildman–Crippen MR) is 87.3 cm³/mol. The van der Waals surface area contributed by atoms with Crippen LogP contribution in [0.3, 0.4) is 0 Å². The zero-order chi connectivity index (χ0) is 14.2. The molecule has 0 spiro atoms. The molecule has 1 unspecified atom stereocenters. The van der Waals surface area contributed by atoms with Gasteiger partial charge in [-0.1, -0.05) is 23.4 Å². The van der Waals surface area contributed by atoms with Crippen molar-refractivity contribution in [1.29, 1.82) is 0 Å². The fourth-order valence-corrected chi connectivity index (χ4v) is 3.52. The first-order valence-corrected chi connectivity index (χ1v) is 7.70. The number of aryl methyl sites for hydroxylation is 1. The van der Waals surface area contributed by atoms with Crippen molar-refractivity contribution in [2.75, 3.05) is 18.4 Å². The zero-order valence-electron chi connectivity index (χ0n) is 12.7. The molecule has 0 aliphatic carbocycles. The Morgan fingerprint density at radius 3 is 3.14 bits per heavy atom. The van der Waals surface area contributed by atoms with Crippen LogP contribution in [0.15, 0.2) is 22.7 Å². The van der Waals surface area contributed by atoms with E-state index >= 15 is 0 Å². The second kappa shape index (κ2) is 6.26. The molecule has 0 radical (unpaired) electrons. The second-order valence-corrected chi connectivity index (χ2v) is 5.93. The molecule has 1 saturated heterocycles. The Morgan fingerprint density at radius 1 is 1.41 bits per heavy atom. The highest BCUT2D eigenvalue weighted by Gasteiger charge is 2.30. The van der Waals surface area contributed by atoms with E-state index in [0.717, 1.165) is 38.3 Å². The number of likely N-dealkylation sites (tertiary alicyclic amines) is 1. The number of benzene rings is 1. The molecule has 5 nitrogen and oxygen atoms in total. The Kier molecular flexibility index (Phi) is 4.36. The van der Waals surface area contributed by atoms with Crippen LogP contribution in [0.1, 0.15) is 41.7 Å². The Balaban J connectivity index is 0.00000144. The molecule has 6 heteroatoms. The normalized spacial score (nSPS) is 20.5. The Bertz CT molecular complexity index is 657. The van der Waals surface area contributed by atoms with E-state index in [9.17, 15) is 0 Å². The maximum absolute atomic E-state index is 5.15. The first-order chi connectivity index (χ1) is 10.3.